The van der Waals surface area contributed by atoms with Crippen molar-refractivity contribution in [3.63, 3.8) is 0 Å². The van der Waals surface area contributed by atoms with Crippen LogP contribution in [0.1, 0.15) is 36.8 Å². The number of rotatable bonds is 3. The molecule has 2 heteroatoms. The molecule has 3 rings (SSSR count). The highest BCUT2D eigenvalue weighted by Gasteiger charge is 2.20. The summed E-state index contributed by atoms with van der Waals surface area (Å²) >= 11 is 0. The topological polar surface area (TPSA) is 0 Å². The summed E-state index contributed by atoms with van der Waals surface area (Å²) in [5.74, 6) is -1.07. The molecule has 1 saturated carbocycles. The summed E-state index contributed by atoms with van der Waals surface area (Å²) in [7, 11) is 0. The fraction of sp³-hybridized carbons (Fsp3) is 0.263. The lowest BCUT2D eigenvalue weighted by molar-refractivity contribution is 0.508. The van der Waals surface area contributed by atoms with Gasteiger partial charge in [0.15, 0.2) is 11.6 Å². The highest BCUT2D eigenvalue weighted by Crippen LogP contribution is 2.37. The van der Waals surface area contributed by atoms with Crippen LogP contribution in [0.4, 0.5) is 8.78 Å². The Hall–Kier alpha value is -1.96. The van der Waals surface area contributed by atoms with Gasteiger partial charge in [0.05, 0.1) is 0 Å². The average Bonchev–Trinajstić information content (AvgIpc) is 3.03. The maximum atomic E-state index is 13.4. The van der Waals surface area contributed by atoms with Crippen molar-refractivity contribution in [1.29, 1.82) is 0 Å². The van der Waals surface area contributed by atoms with Crippen LogP contribution in [0.15, 0.2) is 48.5 Å². The third-order valence-corrected chi connectivity index (χ3v) is 4.17. The molecule has 0 spiro atoms. The Bertz CT molecular complexity index is 638. The molecule has 0 N–H and O–H groups in total. The van der Waals surface area contributed by atoms with Crippen LogP contribution in [0.2, 0.25) is 0 Å². The Morgan fingerprint density at radius 1 is 0.905 bits per heavy atom. The van der Waals surface area contributed by atoms with Crippen molar-refractivity contribution in [2.45, 2.75) is 25.7 Å². The Morgan fingerprint density at radius 2 is 1.62 bits per heavy atom. The van der Waals surface area contributed by atoms with E-state index in [1.807, 2.05) is 24.3 Å². The highest BCUT2D eigenvalue weighted by atomic mass is 19.2. The summed E-state index contributed by atoms with van der Waals surface area (Å²) in [4.78, 5) is 0. The van der Waals surface area contributed by atoms with E-state index in [0.717, 1.165) is 5.56 Å². The molecule has 0 aromatic heterocycles. The van der Waals surface area contributed by atoms with Crippen LogP contribution in [-0.4, -0.2) is 0 Å². The van der Waals surface area contributed by atoms with Gasteiger partial charge in [-0.1, -0.05) is 55.3 Å². The van der Waals surface area contributed by atoms with Gasteiger partial charge in [-0.2, -0.15) is 0 Å². The molecule has 0 saturated heterocycles. The first-order valence-corrected chi connectivity index (χ1v) is 7.46. The van der Waals surface area contributed by atoms with E-state index in [4.69, 9.17) is 0 Å². The van der Waals surface area contributed by atoms with Crippen molar-refractivity contribution < 1.29 is 8.78 Å². The molecule has 0 aliphatic heterocycles. The summed E-state index contributed by atoms with van der Waals surface area (Å²) in [5.41, 5.74) is 3.13. The molecule has 0 atom stereocenters. The lowest BCUT2D eigenvalue weighted by Gasteiger charge is -2.15. The zero-order chi connectivity index (χ0) is 14.7. The molecule has 1 fully saturated rings. The number of hydrogen-bond donors (Lipinski definition) is 0. The van der Waals surface area contributed by atoms with Crippen LogP contribution >= 0.6 is 0 Å². The molecule has 2 aromatic carbocycles. The third kappa shape index (κ3) is 3.21. The van der Waals surface area contributed by atoms with Gasteiger partial charge in [0.2, 0.25) is 0 Å². The molecule has 0 nitrogen and oxygen atoms in total. The largest absolute Gasteiger partial charge is 0.204 e. The molecule has 0 amide bonds. The van der Waals surface area contributed by atoms with Gasteiger partial charge >= 0.3 is 0 Å². The van der Waals surface area contributed by atoms with E-state index in [-0.39, 0.29) is 0 Å². The average molecular weight is 284 g/mol. The molecule has 0 radical (unpaired) electrons. The Labute approximate surface area is 124 Å². The van der Waals surface area contributed by atoms with Crippen molar-refractivity contribution in [3.8, 4) is 0 Å². The molecule has 21 heavy (non-hydrogen) atoms. The van der Waals surface area contributed by atoms with Crippen LogP contribution in [-0.2, 0) is 0 Å². The molecule has 2 aromatic rings. The Morgan fingerprint density at radius 3 is 2.29 bits per heavy atom. The second kappa shape index (κ2) is 6.21. The van der Waals surface area contributed by atoms with Crippen molar-refractivity contribution >= 4 is 11.6 Å². The van der Waals surface area contributed by atoms with Crippen molar-refractivity contribution in [2.75, 3.05) is 0 Å². The first-order chi connectivity index (χ1) is 10.2. The van der Waals surface area contributed by atoms with E-state index in [2.05, 4.69) is 12.1 Å². The van der Waals surface area contributed by atoms with Gasteiger partial charge in [0, 0.05) is 0 Å². The third-order valence-electron chi connectivity index (χ3n) is 4.17. The van der Waals surface area contributed by atoms with Gasteiger partial charge in [-0.15, -0.1) is 0 Å². The number of allylic oxidation sites excluding steroid dienone is 1. The minimum atomic E-state index is -0.797. The predicted octanol–water partition coefficient (Wildman–Crippen LogP) is 5.70. The SMILES string of the molecule is Fc1ccc(/C=C(/c2ccccc2)C2CCCC2)cc1F. The van der Waals surface area contributed by atoms with Gasteiger partial charge in [-0.25, -0.2) is 8.78 Å². The zero-order valence-corrected chi connectivity index (χ0v) is 11.9. The number of halogens is 2. The molecule has 1 aliphatic carbocycles. The Kier molecular flexibility index (Phi) is 4.14. The molecular weight excluding hydrogens is 266 g/mol. The first kappa shape index (κ1) is 14.0. The highest BCUT2D eigenvalue weighted by molar-refractivity contribution is 5.82. The van der Waals surface area contributed by atoms with Crippen LogP contribution in [0.3, 0.4) is 0 Å². The van der Waals surface area contributed by atoms with Gasteiger partial charge in [-0.3, -0.25) is 0 Å². The normalized spacial score (nSPS) is 16.4. The monoisotopic (exact) mass is 284 g/mol. The standard InChI is InChI=1S/C19H18F2/c20-18-11-10-14(13-19(18)21)12-17(16-8-4-5-9-16)15-6-2-1-3-7-15/h1-3,6-7,10-13,16H,4-5,8-9H2/b17-12-. The lowest BCUT2D eigenvalue weighted by Crippen LogP contribution is -1.98. The van der Waals surface area contributed by atoms with Crippen LogP contribution < -0.4 is 0 Å². The summed E-state index contributed by atoms with van der Waals surface area (Å²) in [6, 6.07) is 14.3. The maximum Gasteiger partial charge on any atom is 0.159 e. The molecule has 0 bridgehead atoms. The van der Waals surface area contributed by atoms with E-state index < -0.39 is 11.6 Å². The summed E-state index contributed by atoms with van der Waals surface area (Å²) < 4.78 is 26.5. The molecule has 0 heterocycles. The summed E-state index contributed by atoms with van der Waals surface area (Å²) in [6.45, 7) is 0. The van der Waals surface area contributed by atoms with E-state index in [9.17, 15) is 8.78 Å². The van der Waals surface area contributed by atoms with Crippen LogP contribution in [0.5, 0.6) is 0 Å². The maximum absolute atomic E-state index is 13.4. The van der Waals surface area contributed by atoms with E-state index in [0.29, 0.717) is 5.92 Å². The molecule has 1 aliphatic rings. The van der Waals surface area contributed by atoms with Crippen molar-refractivity contribution in [1.82, 2.24) is 0 Å². The molecule has 108 valence electrons. The summed E-state index contributed by atoms with van der Waals surface area (Å²) in [5, 5.41) is 0. The van der Waals surface area contributed by atoms with Gasteiger partial charge in [0.25, 0.3) is 0 Å². The summed E-state index contributed by atoms with van der Waals surface area (Å²) in [6.07, 6.45) is 6.84. The van der Waals surface area contributed by atoms with Gasteiger partial charge in [0.1, 0.15) is 0 Å². The van der Waals surface area contributed by atoms with E-state index >= 15 is 0 Å². The number of benzene rings is 2. The van der Waals surface area contributed by atoms with Gasteiger partial charge < -0.3 is 0 Å². The van der Waals surface area contributed by atoms with Crippen LogP contribution in [0.25, 0.3) is 11.6 Å². The zero-order valence-electron chi connectivity index (χ0n) is 11.9. The molecular formula is C19H18F2. The second-order valence-corrected chi connectivity index (χ2v) is 5.62. The lowest BCUT2D eigenvalue weighted by atomic mass is 9.89. The van der Waals surface area contributed by atoms with E-state index in [1.54, 1.807) is 6.07 Å². The fourth-order valence-corrected chi connectivity index (χ4v) is 3.09. The quantitative estimate of drug-likeness (QED) is 0.635. The second-order valence-electron chi connectivity index (χ2n) is 5.62. The smallest absolute Gasteiger partial charge is 0.159 e. The Balaban J connectivity index is 2.01. The van der Waals surface area contributed by atoms with Crippen molar-refractivity contribution in [2.24, 2.45) is 5.92 Å². The van der Waals surface area contributed by atoms with Crippen LogP contribution in [0, 0.1) is 17.6 Å². The van der Waals surface area contributed by atoms with Crippen molar-refractivity contribution in [3.05, 3.63) is 71.3 Å². The minimum absolute atomic E-state index is 0.514. The minimum Gasteiger partial charge on any atom is -0.204 e. The number of hydrogen-bond acceptors (Lipinski definition) is 0. The molecule has 0 unspecified atom stereocenters. The first-order valence-electron chi connectivity index (χ1n) is 7.46. The van der Waals surface area contributed by atoms with Gasteiger partial charge in [-0.05, 0) is 47.6 Å². The fourth-order valence-electron chi connectivity index (χ4n) is 3.09. The van der Waals surface area contributed by atoms with E-state index in [1.165, 1.54) is 49.0 Å². The predicted molar refractivity (Wildman–Crippen MR) is 82.6 cm³/mol.